The fourth-order valence-electron chi connectivity index (χ4n) is 4.57. The van der Waals surface area contributed by atoms with E-state index in [1.807, 2.05) is 36.4 Å². The van der Waals surface area contributed by atoms with Gasteiger partial charge in [0.05, 0.1) is 12.2 Å². The lowest BCUT2D eigenvalue weighted by Gasteiger charge is -2.28. The third-order valence-electron chi connectivity index (χ3n) is 6.14. The second-order valence-corrected chi connectivity index (χ2v) is 11.5. The van der Waals surface area contributed by atoms with Gasteiger partial charge >= 0.3 is 0 Å². The summed E-state index contributed by atoms with van der Waals surface area (Å²) in [4.78, 5) is 0.217. The van der Waals surface area contributed by atoms with Gasteiger partial charge in [-0.25, -0.2) is 0 Å². The summed E-state index contributed by atoms with van der Waals surface area (Å²) < 4.78 is 63.6. The number of hydrogen-bond acceptors (Lipinski definition) is 6. The Hall–Kier alpha value is -2.78. The second kappa shape index (κ2) is 9.11. The first-order chi connectivity index (χ1) is 16.3. The van der Waals surface area contributed by atoms with E-state index in [1.165, 1.54) is 12.1 Å². The normalized spacial score (nSPS) is 19.4. The van der Waals surface area contributed by atoms with E-state index >= 15 is 0 Å². The summed E-state index contributed by atoms with van der Waals surface area (Å²) in [5, 5.41) is 2.79. The molecule has 1 fully saturated rings. The minimum absolute atomic E-state index is 0.108. The molecule has 0 aromatic heterocycles. The Morgan fingerprint density at radius 2 is 0.971 bits per heavy atom. The Kier molecular flexibility index (Phi) is 6.16. The molecule has 0 aliphatic heterocycles. The van der Waals surface area contributed by atoms with E-state index in [0.29, 0.717) is 30.0 Å². The van der Waals surface area contributed by atoms with Crippen LogP contribution in [0.5, 0.6) is 0 Å². The molecule has 4 aromatic rings. The van der Waals surface area contributed by atoms with Gasteiger partial charge in [-0.3, -0.25) is 8.37 Å². The molecule has 0 heterocycles. The molecule has 6 nitrogen and oxygen atoms in total. The fourth-order valence-corrected chi connectivity index (χ4v) is 7.24. The highest BCUT2D eigenvalue weighted by Gasteiger charge is 2.32. The summed E-state index contributed by atoms with van der Waals surface area (Å²) in [6.07, 6.45) is 0.478. The second-order valence-electron chi connectivity index (χ2n) is 8.47. The first-order valence-electron chi connectivity index (χ1n) is 11.2. The third-order valence-corrected chi connectivity index (χ3v) is 8.98. The van der Waals surface area contributed by atoms with Crippen molar-refractivity contribution in [3.8, 4) is 0 Å². The highest BCUT2D eigenvalue weighted by molar-refractivity contribution is 7.87. The van der Waals surface area contributed by atoms with Crippen LogP contribution in [0.3, 0.4) is 0 Å². The van der Waals surface area contributed by atoms with E-state index in [4.69, 9.17) is 8.37 Å². The van der Waals surface area contributed by atoms with Crippen LogP contribution in [0.15, 0.2) is 94.7 Å². The maximum absolute atomic E-state index is 13.1. The third kappa shape index (κ3) is 4.59. The SMILES string of the molecule is O=S(=O)(OC1CCCC(OS(=O)(=O)c2cccc3ccccc23)C1)c1cccc2ccccc12. The largest absolute Gasteiger partial charge is 0.297 e. The minimum atomic E-state index is -4.04. The van der Waals surface area contributed by atoms with Crippen LogP contribution < -0.4 is 0 Å². The van der Waals surface area contributed by atoms with E-state index in [1.54, 1.807) is 36.4 Å². The van der Waals surface area contributed by atoms with Gasteiger partial charge < -0.3 is 0 Å². The standard InChI is InChI=1S/C26H24O6S2/c27-33(28,25-16-5-10-19-8-1-3-14-23(19)25)31-21-12-7-13-22(18-21)32-34(29,30)26-17-6-11-20-9-2-4-15-24(20)26/h1-6,8-11,14-17,21-22H,7,12-13,18H2. The van der Waals surface area contributed by atoms with Gasteiger partial charge in [-0.2, -0.15) is 16.8 Å². The molecule has 0 saturated heterocycles. The molecular weight excluding hydrogens is 472 g/mol. The zero-order chi connectivity index (χ0) is 23.8. The average Bonchev–Trinajstić information content (AvgIpc) is 2.83. The Morgan fingerprint density at radius 1 is 0.559 bits per heavy atom. The molecule has 0 N–H and O–H groups in total. The minimum Gasteiger partial charge on any atom is -0.263 e. The number of rotatable bonds is 6. The van der Waals surface area contributed by atoms with Gasteiger partial charge in [0.2, 0.25) is 0 Å². The molecule has 2 atom stereocenters. The van der Waals surface area contributed by atoms with Gasteiger partial charge in [-0.15, -0.1) is 0 Å². The summed E-state index contributed by atoms with van der Waals surface area (Å²) in [6.45, 7) is 0. The van der Waals surface area contributed by atoms with Crippen LogP contribution in [0.25, 0.3) is 21.5 Å². The molecule has 0 spiro atoms. The molecule has 0 amide bonds. The van der Waals surface area contributed by atoms with Crippen LogP contribution >= 0.6 is 0 Å². The molecule has 176 valence electrons. The summed E-state index contributed by atoms with van der Waals surface area (Å²) in [6, 6.07) is 24.5. The van der Waals surface area contributed by atoms with Crippen molar-refractivity contribution in [2.75, 3.05) is 0 Å². The molecular formula is C26H24O6S2. The molecule has 1 aliphatic rings. The van der Waals surface area contributed by atoms with Gasteiger partial charge in [0, 0.05) is 17.2 Å². The molecule has 4 aromatic carbocycles. The lowest BCUT2D eigenvalue weighted by Crippen LogP contribution is -2.31. The van der Waals surface area contributed by atoms with E-state index in [2.05, 4.69) is 0 Å². The molecule has 0 radical (unpaired) electrons. The Labute approximate surface area is 199 Å². The summed E-state index contributed by atoms with van der Waals surface area (Å²) in [7, 11) is -8.08. The number of benzene rings is 4. The predicted octanol–water partition coefficient (Wildman–Crippen LogP) is 5.42. The number of hydrogen-bond donors (Lipinski definition) is 0. The zero-order valence-corrected chi connectivity index (χ0v) is 20.0. The van der Waals surface area contributed by atoms with E-state index in [-0.39, 0.29) is 16.2 Å². The first-order valence-corrected chi connectivity index (χ1v) is 14.0. The maximum Gasteiger partial charge on any atom is 0.297 e. The molecule has 34 heavy (non-hydrogen) atoms. The van der Waals surface area contributed by atoms with Crippen molar-refractivity contribution in [3.63, 3.8) is 0 Å². The monoisotopic (exact) mass is 496 g/mol. The Balaban J connectivity index is 1.35. The molecule has 0 bridgehead atoms. The Bertz CT molecular complexity index is 1430. The molecule has 1 saturated carbocycles. The highest BCUT2D eigenvalue weighted by Crippen LogP contribution is 2.32. The topological polar surface area (TPSA) is 86.7 Å². The van der Waals surface area contributed by atoms with E-state index in [9.17, 15) is 16.8 Å². The fraction of sp³-hybridized carbons (Fsp3) is 0.231. The van der Waals surface area contributed by atoms with Crippen LogP contribution in [-0.4, -0.2) is 29.0 Å². The van der Waals surface area contributed by atoms with Gasteiger partial charge in [0.15, 0.2) is 0 Å². The van der Waals surface area contributed by atoms with Crippen molar-refractivity contribution in [1.29, 1.82) is 0 Å². The molecule has 8 heteroatoms. The van der Waals surface area contributed by atoms with Crippen LogP contribution in [-0.2, 0) is 28.6 Å². The smallest absolute Gasteiger partial charge is 0.263 e. The average molecular weight is 497 g/mol. The maximum atomic E-state index is 13.1. The van der Waals surface area contributed by atoms with Gasteiger partial charge in [-0.05, 0) is 42.2 Å². The lowest BCUT2D eigenvalue weighted by atomic mass is 9.95. The van der Waals surface area contributed by atoms with Crippen LogP contribution in [0.2, 0.25) is 0 Å². The first kappa shape index (κ1) is 23.0. The quantitative estimate of drug-likeness (QED) is 0.332. The summed E-state index contributed by atoms with van der Waals surface area (Å²) in [5.41, 5.74) is 0. The van der Waals surface area contributed by atoms with Crippen molar-refractivity contribution in [2.45, 2.75) is 47.7 Å². The predicted molar refractivity (Wildman–Crippen MR) is 130 cm³/mol. The van der Waals surface area contributed by atoms with E-state index < -0.39 is 32.4 Å². The van der Waals surface area contributed by atoms with Crippen molar-refractivity contribution in [1.82, 2.24) is 0 Å². The summed E-state index contributed by atoms with van der Waals surface area (Å²) >= 11 is 0. The van der Waals surface area contributed by atoms with Crippen molar-refractivity contribution in [2.24, 2.45) is 0 Å². The van der Waals surface area contributed by atoms with Crippen LogP contribution in [0.4, 0.5) is 0 Å². The van der Waals surface area contributed by atoms with Crippen molar-refractivity contribution < 1.29 is 25.2 Å². The van der Waals surface area contributed by atoms with Crippen LogP contribution in [0.1, 0.15) is 25.7 Å². The van der Waals surface area contributed by atoms with Gasteiger partial charge in [0.25, 0.3) is 20.2 Å². The van der Waals surface area contributed by atoms with Gasteiger partial charge in [-0.1, -0.05) is 72.8 Å². The lowest BCUT2D eigenvalue weighted by molar-refractivity contribution is 0.0761. The molecule has 2 unspecified atom stereocenters. The zero-order valence-electron chi connectivity index (χ0n) is 18.3. The van der Waals surface area contributed by atoms with Crippen molar-refractivity contribution in [3.05, 3.63) is 84.9 Å². The highest BCUT2D eigenvalue weighted by atomic mass is 32.2. The Morgan fingerprint density at radius 3 is 1.44 bits per heavy atom. The van der Waals surface area contributed by atoms with Crippen LogP contribution in [0, 0.1) is 0 Å². The van der Waals surface area contributed by atoms with Crippen molar-refractivity contribution >= 4 is 41.8 Å². The molecule has 1 aliphatic carbocycles. The molecule has 5 rings (SSSR count). The van der Waals surface area contributed by atoms with E-state index in [0.717, 1.165) is 10.8 Å². The number of fused-ring (bicyclic) bond motifs is 2. The van der Waals surface area contributed by atoms with Gasteiger partial charge in [0.1, 0.15) is 9.79 Å². The summed E-state index contributed by atoms with van der Waals surface area (Å²) in [5.74, 6) is 0.